The van der Waals surface area contributed by atoms with Gasteiger partial charge in [-0.2, -0.15) is 0 Å². The van der Waals surface area contributed by atoms with E-state index >= 15 is 0 Å². The Labute approximate surface area is 246 Å². The average molecular weight is 560 g/mol. The normalized spacial score (nSPS) is 13.4. The summed E-state index contributed by atoms with van der Waals surface area (Å²) >= 11 is 3.73. The first kappa shape index (κ1) is 23.3. The molecule has 41 heavy (non-hydrogen) atoms. The predicted molar refractivity (Wildman–Crippen MR) is 176 cm³/mol. The Bertz CT molecular complexity index is 1910. The molecule has 9 rings (SSSR count). The fraction of sp³-hybridized carbons (Fsp3) is 0. The maximum Gasteiger partial charge on any atom is 0.251 e. The number of rotatable bonds is 2. The molecule has 2 aliphatic heterocycles. The molecule has 2 aliphatic rings. The highest BCUT2D eigenvalue weighted by molar-refractivity contribution is 7.99. The number of nitrogens with zero attached hydrogens (tertiary/aromatic N) is 1. The van der Waals surface area contributed by atoms with Crippen molar-refractivity contribution in [2.45, 2.75) is 9.79 Å². The van der Waals surface area contributed by atoms with Crippen LogP contribution >= 0.6 is 23.1 Å². The van der Waals surface area contributed by atoms with Crippen molar-refractivity contribution in [1.29, 1.82) is 0 Å². The molecule has 0 atom stereocenters. The maximum atomic E-state index is 6.40. The van der Waals surface area contributed by atoms with Gasteiger partial charge in [0.15, 0.2) is 0 Å². The first-order valence-electron chi connectivity index (χ1n) is 13.8. The van der Waals surface area contributed by atoms with Gasteiger partial charge >= 0.3 is 0 Å². The van der Waals surface area contributed by atoms with Gasteiger partial charge in [-0.25, -0.2) is 0 Å². The summed E-state index contributed by atoms with van der Waals surface area (Å²) in [7, 11) is 0. The Balaban J connectivity index is 1.37. The molecular weight excluding hydrogens is 537 g/mol. The molecule has 0 fully saturated rings. The molecule has 0 radical (unpaired) electrons. The second kappa shape index (κ2) is 9.03. The van der Waals surface area contributed by atoms with Crippen LogP contribution in [0.5, 0.6) is 11.5 Å². The number of hydrogen-bond acceptors (Lipinski definition) is 4. The van der Waals surface area contributed by atoms with Gasteiger partial charge in [0.1, 0.15) is 11.5 Å². The van der Waals surface area contributed by atoms with Gasteiger partial charge in [0, 0.05) is 24.6 Å². The largest absolute Gasteiger partial charge is 0.458 e. The third-order valence-corrected chi connectivity index (χ3v) is 10.4. The van der Waals surface area contributed by atoms with Crippen LogP contribution in [0.4, 0.5) is 17.1 Å². The van der Waals surface area contributed by atoms with Crippen molar-refractivity contribution in [2.24, 2.45) is 0 Å². The molecule has 0 saturated carbocycles. The average Bonchev–Trinajstić information content (AvgIpc) is 3.42. The monoisotopic (exact) mass is 559 g/mol. The second-order valence-corrected chi connectivity index (χ2v) is 12.6. The van der Waals surface area contributed by atoms with Crippen LogP contribution in [0.15, 0.2) is 143 Å². The smallest absolute Gasteiger partial charge is 0.251 e. The maximum absolute atomic E-state index is 6.40. The number of benzene rings is 6. The highest BCUT2D eigenvalue weighted by atomic mass is 32.2. The first-order valence-corrected chi connectivity index (χ1v) is 15.4. The molecule has 1 aromatic heterocycles. The van der Waals surface area contributed by atoms with Gasteiger partial charge < -0.3 is 9.64 Å². The van der Waals surface area contributed by atoms with E-state index in [0.717, 1.165) is 11.5 Å². The van der Waals surface area contributed by atoms with E-state index in [1.165, 1.54) is 63.4 Å². The van der Waals surface area contributed by atoms with E-state index in [-0.39, 0.29) is 6.71 Å². The van der Waals surface area contributed by atoms with Gasteiger partial charge in [0.05, 0.1) is 17.1 Å². The van der Waals surface area contributed by atoms with Crippen LogP contribution in [-0.4, -0.2) is 6.71 Å². The lowest BCUT2D eigenvalue weighted by molar-refractivity contribution is 0.487. The summed E-state index contributed by atoms with van der Waals surface area (Å²) in [5.74, 6) is 1.87. The van der Waals surface area contributed by atoms with Gasteiger partial charge in [-0.3, -0.25) is 0 Å². The minimum atomic E-state index is 0.0715. The molecule has 0 unspecified atom stereocenters. The minimum absolute atomic E-state index is 0.0715. The summed E-state index contributed by atoms with van der Waals surface area (Å²) in [5, 5.41) is 2.63. The number of ether oxygens (including phenoxy) is 1. The molecule has 5 heteroatoms. The van der Waals surface area contributed by atoms with Crippen LogP contribution < -0.4 is 26.0 Å². The molecule has 7 aromatic rings. The standard InChI is InChI=1S/C36H22BNOS2/c1-5-17-29-23(11-1)37(24-12-2-6-18-30(24)39-29)25-13-9-21-33-35(25)36-28(16-10-22-34(36)41-33)38-26-14-3-7-19-31(26)40-32-20-8-4-15-27(32)38/h1-22H. The molecule has 0 amide bonds. The Hall–Kier alpha value is -4.45. The van der Waals surface area contributed by atoms with Crippen molar-refractivity contribution in [3.63, 3.8) is 0 Å². The molecule has 0 aliphatic carbocycles. The van der Waals surface area contributed by atoms with Crippen LogP contribution in [0.25, 0.3) is 20.2 Å². The lowest BCUT2D eigenvalue weighted by atomic mass is 9.35. The molecule has 192 valence electrons. The highest BCUT2D eigenvalue weighted by Gasteiger charge is 2.34. The summed E-state index contributed by atoms with van der Waals surface area (Å²) < 4.78 is 9.00. The summed E-state index contributed by atoms with van der Waals surface area (Å²) in [6, 6.07) is 48.1. The minimum Gasteiger partial charge on any atom is -0.458 e. The van der Waals surface area contributed by atoms with E-state index in [0.29, 0.717) is 0 Å². The van der Waals surface area contributed by atoms with E-state index in [2.05, 4.69) is 138 Å². The lowest BCUT2D eigenvalue weighted by Gasteiger charge is -2.33. The SMILES string of the molecule is c1ccc2c(c1)Oc1ccccc1B2c1cccc2sc3cccc(N4c5ccccc5Sc5ccccc54)c3c12. The van der Waals surface area contributed by atoms with Gasteiger partial charge in [0.2, 0.25) is 0 Å². The van der Waals surface area contributed by atoms with Crippen molar-refractivity contribution in [3.05, 3.63) is 133 Å². The third kappa shape index (κ3) is 3.46. The number of para-hydroxylation sites is 4. The van der Waals surface area contributed by atoms with Gasteiger partial charge in [-0.1, -0.05) is 96.1 Å². The molecule has 3 heterocycles. The summed E-state index contributed by atoms with van der Waals surface area (Å²) in [5.41, 5.74) is 7.40. The third-order valence-electron chi connectivity index (χ3n) is 8.20. The van der Waals surface area contributed by atoms with Crippen LogP contribution in [-0.2, 0) is 0 Å². The van der Waals surface area contributed by atoms with Gasteiger partial charge in [-0.15, -0.1) is 11.3 Å². The quantitative estimate of drug-likeness (QED) is 0.197. The van der Waals surface area contributed by atoms with Crippen molar-refractivity contribution >= 4 is 83.4 Å². The van der Waals surface area contributed by atoms with Crippen molar-refractivity contribution in [3.8, 4) is 11.5 Å². The van der Waals surface area contributed by atoms with Gasteiger partial charge in [0.25, 0.3) is 6.71 Å². The highest BCUT2D eigenvalue weighted by Crippen LogP contribution is 2.53. The zero-order chi connectivity index (χ0) is 26.9. The topological polar surface area (TPSA) is 12.5 Å². The van der Waals surface area contributed by atoms with Crippen LogP contribution in [0.2, 0.25) is 0 Å². The zero-order valence-electron chi connectivity index (χ0n) is 22.0. The second-order valence-electron chi connectivity index (χ2n) is 10.5. The van der Waals surface area contributed by atoms with Crippen LogP contribution in [0.1, 0.15) is 0 Å². The van der Waals surface area contributed by atoms with E-state index in [1.54, 1.807) is 0 Å². The first-order chi connectivity index (χ1) is 20.3. The Morgan fingerprint density at radius 3 is 1.66 bits per heavy atom. The van der Waals surface area contributed by atoms with E-state index in [9.17, 15) is 0 Å². The van der Waals surface area contributed by atoms with Crippen LogP contribution in [0, 0.1) is 0 Å². The molecule has 6 aromatic carbocycles. The Morgan fingerprint density at radius 2 is 0.976 bits per heavy atom. The van der Waals surface area contributed by atoms with E-state index < -0.39 is 0 Å². The summed E-state index contributed by atoms with van der Waals surface area (Å²) in [6.45, 7) is 0.0715. The Kier molecular flexibility index (Phi) is 5.13. The van der Waals surface area contributed by atoms with Crippen molar-refractivity contribution in [2.75, 3.05) is 4.90 Å². The lowest BCUT2D eigenvalue weighted by Crippen LogP contribution is -2.55. The predicted octanol–water partition coefficient (Wildman–Crippen LogP) is 8.61. The van der Waals surface area contributed by atoms with Crippen molar-refractivity contribution in [1.82, 2.24) is 0 Å². The summed E-state index contributed by atoms with van der Waals surface area (Å²) in [6.07, 6.45) is 0. The molecule has 0 saturated heterocycles. The van der Waals surface area contributed by atoms with Crippen molar-refractivity contribution < 1.29 is 4.74 Å². The molecule has 2 nitrogen and oxygen atoms in total. The molecule has 0 N–H and O–H groups in total. The molecule has 0 spiro atoms. The molecular formula is C36H22BNOS2. The summed E-state index contributed by atoms with van der Waals surface area (Å²) in [4.78, 5) is 5.02. The zero-order valence-corrected chi connectivity index (χ0v) is 23.6. The fourth-order valence-corrected chi connectivity index (χ4v) is 8.73. The number of anilines is 3. The van der Waals surface area contributed by atoms with Crippen LogP contribution in [0.3, 0.4) is 0 Å². The Morgan fingerprint density at radius 1 is 0.463 bits per heavy atom. The van der Waals surface area contributed by atoms with E-state index in [1.807, 2.05) is 23.1 Å². The number of thiophene rings is 1. The molecule has 0 bridgehead atoms. The number of fused-ring (bicyclic) bond motifs is 7. The fourth-order valence-electron chi connectivity index (χ4n) is 6.51. The van der Waals surface area contributed by atoms with E-state index in [4.69, 9.17) is 4.74 Å². The number of hydrogen-bond donors (Lipinski definition) is 0. The van der Waals surface area contributed by atoms with Gasteiger partial charge in [-0.05, 0) is 70.9 Å².